The van der Waals surface area contributed by atoms with Gasteiger partial charge in [-0.15, -0.1) is 13.2 Å². The number of aliphatic hydroxyl groups is 1. The number of carbonyl (C=O) groups excluding carboxylic acids is 3. The number of anilines is 2. The summed E-state index contributed by atoms with van der Waals surface area (Å²) in [5, 5.41) is 10.8. The molecule has 1 N–H and O–H groups in total. The van der Waals surface area contributed by atoms with E-state index in [-0.39, 0.29) is 25.0 Å². The Kier molecular flexibility index (Phi) is 9.75. The lowest BCUT2D eigenvalue weighted by atomic mass is 9.62. The van der Waals surface area contributed by atoms with E-state index in [0.717, 1.165) is 18.8 Å². The Morgan fingerprint density at radius 1 is 1.09 bits per heavy atom. The second-order valence-corrected chi connectivity index (χ2v) is 12.7. The van der Waals surface area contributed by atoms with Crippen LogP contribution in [-0.2, 0) is 23.9 Å². The number of aliphatic hydroxyl groups excluding tert-OH is 1. The molecule has 2 bridgehead atoms. The Labute approximate surface area is 272 Å². The van der Waals surface area contributed by atoms with Crippen LogP contribution >= 0.6 is 0 Å². The summed E-state index contributed by atoms with van der Waals surface area (Å²) >= 11 is 0. The lowest BCUT2D eigenvalue weighted by Gasteiger charge is -2.39. The number of likely N-dealkylation sites (tertiary alicyclic amines) is 1. The van der Waals surface area contributed by atoms with Crippen LogP contribution in [0, 0.1) is 17.8 Å². The van der Waals surface area contributed by atoms with Crippen molar-refractivity contribution >= 4 is 29.2 Å². The molecule has 9 heteroatoms. The number of nitrogens with zero attached hydrogens (tertiary/aromatic N) is 3. The van der Waals surface area contributed by atoms with E-state index in [9.17, 15) is 14.7 Å². The Hall–Kier alpha value is -3.95. The zero-order chi connectivity index (χ0) is 33.2. The Bertz CT molecular complexity index is 1440. The summed E-state index contributed by atoms with van der Waals surface area (Å²) in [6.45, 7) is 17.3. The number of amides is 2. The summed E-state index contributed by atoms with van der Waals surface area (Å²) in [4.78, 5) is 49.0. The Morgan fingerprint density at radius 3 is 2.33 bits per heavy atom. The van der Waals surface area contributed by atoms with Gasteiger partial charge < -0.3 is 29.3 Å². The predicted octanol–water partition coefficient (Wildman–Crippen LogP) is 4.92. The maximum Gasteiger partial charge on any atom is 0.312 e. The first-order valence-electron chi connectivity index (χ1n) is 16.4. The Morgan fingerprint density at radius 2 is 1.74 bits per heavy atom. The summed E-state index contributed by atoms with van der Waals surface area (Å²) in [7, 11) is 0. The van der Waals surface area contributed by atoms with Gasteiger partial charge in [-0.3, -0.25) is 14.4 Å². The molecule has 2 aromatic rings. The van der Waals surface area contributed by atoms with Crippen LogP contribution in [0.15, 0.2) is 79.9 Å². The van der Waals surface area contributed by atoms with Crippen LogP contribution in [0.1, 0.15) is 52.1 Å². The fraction of sp³-hybridized carbons (Fsp3) is 0.486. The van der Waals surface area contributed by atoms with Crippen molar-refractivity contribution in [2.24, 2.45) is 17.8 Å². The van der Waals surface area contributed by atoms with Gasteiger partial charge in [-0.25, -0.2) is 0 Å². The highest BCUT2D eigenvalue weighted by molar-refractivity contribution is 6.05. The van der Waals surface area contributed by atoms with E-state index >= 15 is 4.79 Å². The van der Waals surface area contributed by atoms with Crippen LogP contribution in [0.2, 0.25) is 0 Å². The van der Waals surface area contributed by atoms with Crippen LogP contribution < -0.4 is 9.80 Å². The molecule has 3 aliphatic rings. The van der Waals surface area contributed by atoms with Gasteiger partial charge in [0.15, 0.2) is 0 Å². The minimum Gasteiger partial charge on any atom is -0.465 e. The first-order valence-corrected chi connectivity index (χ1v) is 16.4. The summed E-state index contributed by atoms with van der Waals surface area (Å²) in [5.74, 6) is -3.26. The molecule has 0 aliphatic carbocycles. The van der Waals surface area contributed by atoms with Crippen molar-refractivity contribution in [2.75, 3.05) is 42.6 Å². The fourth-order valence-electron chi connectivity index (χ4n) is 8.04. The number of rotatable bonds is 14. The third-order valence-corrected chi connectivity index (χ3v) is 10.4. The number of carbonyl (C=O) groups is 3. The van der Waals surface area contributed by atoms with Crippen molar-refractivity contribution in [1.82, 2.24) is 4.90 Å². The van der Waals surface area contributed by atoms with Gasteiger partial charge in [0, 0.05) is 31.0 Å². The SMILES string of the molecule is C=CCCOC(=O)[C@H]1[C@H]2C(=O)N([C@H](CO)c3ccccc3)C(C(=O)N(CC=C)c3ccc(N(CC)CC)cc3)C23CC(C)[C@]1(C)O3. The molecule has 2 amide bonds. The largest absolute Gasteiger partial charge is 0.465 e. The molecule has 1 spiro atoms. The molecule has 0 saturated carbocycles. The quantitative estimate of drug-likeness (QED) is 0.180. The molecule has 9 nitrogen and oxygen atoms in total. The highest BCUT2D eigenvalue weighted by Gasteiger charge is 2.81. The number of benzene rings is 2. The normalized spacial score (nSPS) is 28.5. The van der Waals surface area contributed by atoms with Gasteiger partial charge in [-0.05, 0) is 69.4 Å². The van der Waals surface area contributed by atoms with E-state index in [1.807, 2.05) is 68.4 Å². The highest BCUT2D eigenvalue weighted by Crippen LogP contribution is 2.66. The summed E-state index contributed by atoms with van der Waals surface area (Å²) in [6.07, 6.45) is 4.21. The van der Waals surface area contributed by atoms with Crippen molar-refractivity contribution in [1.29, 1.82) is 0 Å². The smallest absolute Gasteiger partial charge is 0.312 e. The second kappa shape index (κ2) is 13.4. The maximum atomic E-state index is 15.1. The van der Waals surface area contributed by atoms with Gasteiger partial charge in [0.05, 0.1) is 30.8 Å². The zero-order valence-corrected chi connectivity index (χ0v) is 27.4. The van der Waals surface area contributed by atoms with Crippen molar-refractivity contribution in [2.45, 2.75) is 63.8 Å². The summed E-state index contributed by atoms with van der Waals surface area (Å²) in [5.41, 5.74) is 0.0724. The van der Waals surface area contributed by atoms with Crippen LogP contribution in [0.5, 0.6) is 0 Å². The van der Waals surface area contributed by atoms with Crippen LogP contribution in [0.4, 0.5) is 11.4 Å². The lowest BCUT2D eigenvalue weighted by Crippen LogP contribution is -2.57. The van der Waals surface area contributed by atoms with Crippen LogP contribution in [-0.4, -0.2) is 77.9 Å². The molecule has 3 fully saturated rings. The monoisotopic (exact) mass is 629 g/mol. The number of esters is 1. The second-order valence-electron chi connectivity index (χ2n) is 12.7. The molecular weight excluding hydrogens is 582 g/mol. The third kappa shape index (κ3) is 5.33. The number of hydrogen-bond acceptors (Lipinski definition) is 7. The molecule has 3 heterocycles. The first-order chi connectivity index (χ1) is 22.1. The van der Waals surface area contributed by atoms with Crippen molar-refractivity contribution < 1.29 is 29.0 Å². The molecule has 3 unspecified atom stereocenters. The molecule has 246 valence electrons. The average Bonchev–Trinajstić information content (AvgIpc) is 3.58. The maximum absolute atomic E-state index is 15.1. The van der Waals surface area contributed by atoms with E-state index < -0.39 is 53.6 Å². The summed E-state index contributed by atoms with van der Waals surface area (Å²) in [6, 6.07) is 15.0. The van der Waals surface area contributed by atoms with Gasteiger partial charge in [0.1, 0.15) is 17.6 Å². The molecule has 46 heavy (non-hydrogen) atoms. The molecule has 0 radical (unpaired) electrons. The highest BCUT2D eigenvalue weighted by atomic mass is 16.6. The van der Waals surface area contributed by atoms with E-state index in [4.69, 9.17) is 9.47 Å². The van der Waals surface area contributed by atoms with Gasteiger partial charge in [-0.1, -0.05) is 49.4 Å². The lowest BCUT2D eigenvalue weighted by molar-refractivity contribution is -0.162. The molecule has 7 atom stereocenters. The molecular formula is C37H47N3O6. The molecule has 0 aromatic heterocycles. The van der Waals surface area contributed by atoms with E-state index in [0.29, 0.717) is 24.1 Å². The van der Waals surface area contributed by atoms with E-state index in [1.165, 1.54) is 4.90 Å². The molecule has 5 rings (SSSR count). The van der Waals surface area contributed by atoms with Gasteiger partial charge in [-0.2, -0.15) is 0 Å². The number of fused-ring (bicyclic) bond motifs is 1. The molecule has 3 aliphatic heterocycles. The van der Waals surface area contributed by atoms with E-state index in [2.05, 4.69) is 31.9 Å². The van der Waals surface area contributed by atoms with E-state index in [1.54, 1.807) is 17.1 Å². The molecule has 2 aromatic carbocycles. The number of ether oxygens (including phenoxy) is 2. The first kappa shape index (κ1) is 33.4. The predicted molar refractivity (Wildman–Crippen MR) is 178 cm³/mol. The minimum absolute atomic E-state index is 0.142. The van der Waals surface area contributed by atoms with Gasteiger partial charge >= 0.3 is 5.97 Å². The standard InChI is InChI=1S/C37H47N3O6/c1-7-11-22-45-35(44)31-30-33(42)40(29(24-41)26-15-13-12-14-16-26)32(37(30)23-25(5)36(31,6)46-37)34(43)39(21-8-2)28-19-17-27(18-20-28)38(9-3)10-4/h7-8,12-20,25,29-32,41H,1-2,9-11,21-24H2,3-6H3/t25?,29-,30+,31-,32?,36+,37?/m1/s1. The van der Waals surface area contributed by atoms with Gasteiger partial charge in [0.2, 0.25) is 5.91 Å². The Balaban J connectivity index is 1.63. The third-order valence-electron chi connectivity index (χ3n) is 10.4. The van der Waals surface area contributed by atoms with Crippen LogP contribution in [0.3, 0.4) is 0 Å². The summed E-state index contributed by atoms with van der Waals surface area (Å²) < 4.78 is 12.6. The van der Waals surface area contributed by atoms with Crippen molar-refractivity contribution in [3.63, 3.8) is 0 Å². The topological polar surface area (TPSA) is 99.6 Å². The van der Waals surface area contributed by atoms with Crippen molar-refractivity contribution in [3.05, 3.63) is 85.5 Å². The van der Waals surface area contributed by atoms with Crippen molar-refractivity contribution in [3.8, 4) is 0 Å². The average molecular weight is 630 g/mol. The fourth-order valence-corrected chi connectivity index (χ4v) is 8.04. The van der Waals surface area contributed by atoms with Gasteiger partial charge in [0.25, 0.3) is 5.91 Å². The number of hydrogen-bond donors (Lipinski definition) is 1. The minimum atomic E-state index is -1.30. The molecule has 3 saturated heterocycles. The van der Waals surface area contributed by atoms with Crippen LogP contribution in [0.25, 0.3) is 0 Å². The zero-order valence-electron chi connectivity index (χ0n) is 27.4.